The number of hydrogen-bond acceptors (Lipinski definition) is 1. The Labute approximate surface area is 112 Å². The van der Waals surface area contributed by atoms with Crippen LogP contribution in [-0.2, 0) is 4.79 Å². The molecular formula is C9H12Cl3F3O2. The number of carboxylic acid groups (broad SMARTS) is 1. The van der Waals surface area contributed by atoms with Gasteiger partial charge in [0.25, 0.3) is 0 Å². The van der Waals surface area contributed by atoms with Crippen LogP contribution < -0.4 is 0 Å². The summed E-state index contributed by atoms with van der Waals surface area (Å²) in [4.78, 5) is 10.5. The molecule has 0 radical (unpaired) electrons. The predicted molar refractivity (Wildman–Crippen MR) is 60.8 cm³/mol. The molecule has 8 heteroatoms. The van der Waals surface area contributed by atoms with Gasteiger partial charge in [-0.25, -0.2) is 0 Å². The Morgan fingerprint density at radius 3 is 2.00 bits per heavy atom. The number of carbonyl (C=O) groups is 1. The lowest BCUT2D eigenvalue weighted by Crippen LogP contribution is -2.40. The molecule has 102 valence electrons. The third-order valence-corrected chi connectivity index (χ3v) is 3.79. The van der Waals surface area contributed by atoms with Crippen molar-refractivity contribution in [3.63, 3.8) is 0 Å². The van der Waals surface area contributed by atoms with Crippen LogP contribution in [0, 0.1) is 5.41 Å². The minimum absolute atomic E-state index is 0.372. The van der Waals surface area contributed by atoms with Crippen molar-refractivity contribution in [2.24, 2.45) is 5.41 Å². The van der Waals surface area contributed by atoms with E-state index in [1.54, 1.807) is 0 Å². The molecule has 17 heavy (non-hydrogen) atoms. The molecule has 0 fully saturated rings. The fraction of sp³-hybridized carbons (Fsp3) is 0.889. The Balaban J connectivity index is 4.75. The molecule has 0 aliphatic carbocycles. The Hall–Kier alpha value is 0.130. The molecule has 0 unspecified atom stereocenters. The van der Waals surface area contributed by atoms with E-state index in [2.05, 4.69) is 0 Å². The Morgan fingerprint density at radius 1 is 1.29 bits per heavy atom. The molecule has 0 saturated heterocycles. The average Bonchev–Trinajstić information content (AvgIpc) is 1.97. The third-order valence-electron chi connectivity index (χ3n) is 2.31. The zero-order valence-corrected chi connectivity index (χ0v) is 11.4. The first kappa shape index (κ1) is 17.1. The van der Waals surface area contributed by atoms with E-state index in [9.17, 15) is 18.0 Å². The van der Waals surface area contributed by atoms with E-state index in [0.717, 1.165) is 0 Å². The van der Waals surface area contributed by atoms with Gasteiger partial charge in [0.2, 0.25) is 4.33 Å². The van der Waals surface area contributed by atoms with E-state index in [4.69, 9.17) is 39.9 Å². The first-order valence-electron chi connectivity index (χ1n) is 4.60. The summed E-state index contributed by atoms with van der Waals surface area (Å²) in [5.41, 5.74) is -1.05. The molecule has 0 aromatic rings. The molecule has 0 aromatic heterocycles. The fourth-order valence-electron chi connectivity index (χ4n) is 1.12. The summed E-state index contributed by atoms with van der Waals surface area (Å²) in [5, 5.41) is 7.49. The van der Waals surface area contributed by atoms with E-state index < -0.39 is 33.7 Å². The molecule has 0 aromatic carbocycles. The van der Waals surface area contributed by atoms with Gasteiger partial charge in [0.1, 0.15) is 0 Å². The molecular weight excluding hydrogens is 303 g/mol. The van der Waals surface area contributed by atoms with Gasteiger partial charge in [-0.05, 0) is 5.41 Å². The van der Waals surface area contributed by atoms with E-state index >= 15 is 0 Å². The van der Waals surface area contributed by atoms with Gasteiger partial charge >= 0.3 is 12.1 Å². The quantitative estimate of drug-likeness (QED) is 0.771. The van der Waals surface area contributed by atoms with Crippen molar-refractivity contribution in [3.8, 4) is 0 Å². The van der Waals surface area contributed by atoms with E-state index in [1.807, 2.05) is 0 Å². The van der Waals surface area contributed by atoms with Crippen molar-refractivity contribution in [2.45, 2.75) is 42.6 Å². The van der Waals surface area contributed by atoms with Gasteiger partial charge in [-0.15, -0.1) is 11.6 Å². The maximum atomic E-state index is 12.4. The summed E-state index contributed by atoms with van der Waals surface area (Å²) >= 11 is 16.1. The third kappa shape index (κ3) is 5.10. The number of hydrogen-bond donors (Lipinski definition) is 1. The molecule has 0 bridgehead atoms. The van der Waals surface area contributed by atoms with Crippen LogP contribution in [-0.4, -0.2) is 27.0 Å². The first-order valence-corrected chi connectivity index (χ1v) is 5.79. The molecule has 1 N–H and O–H groups in total. The smallest absolute Gasteiger partial charge is 0.421 e. The molecule has 0 amide bonds. The van der Waals surface area contributed by atoms with Crippen molar-refractivity contribution in [3.05, 3.63) is 0 Å². The van der Waals surface area contributed by atoms with Gasteiger partial charge in [-0.3, -0.25) is 4.79 Å². The van der Waals surface area contributed by atoms with Crippen molar-refractivity contribution in [2.75, 3.05) is 0 Å². The molecule has 0 saturated carbocycles. The maximum Gasteiger partial charge on any atom is 0.421 e. The molecule has 0 spiro atoms. The highest BCUT2D eigenvalue weighted by molar-refractivity contribution is 6.49. The summed E-state index contributed by atoms with van der Waals surface area (Å²) < 4.78 is 34.2. The van der Waals surface area contributed by atoms with Gasteiger partial charge in [0, 0.05) is 11.8 Å². The lowest BCUT2D eigenvalue weighted by atomic mass is 9.83. The summed E-state index contributed by atoms with van der Waals surface area (Å²) in [6.45, 7) is 2.89. The second-order valence-corrected chi connectivity index (χ2v) is 6.44. The van der Waals surface area contributed by atoms with Crippen LogP contribution >= 0.6 is 34.8 Å². The SMILES string of the molecule is CC(C)(CC(=O)O)[C@@H](Cl)CC(Cl)(Cl)C(F)(F)F. The lowest BCUT2D eigenvalue weighted by molar-refractivity contribution is -0.144. The largest absolute Gasteiger partial charge is 0.481 e. The monoisotopic (exact) mass is 314 g/mol. The predicted octanol–water partition coefficient (Wildman–Crippen LogP) is 4.22. The van der Waals surface area contributed by atoms with Crippen molar-refractivity contribution >= 4 is 40.8 Å². The molecule has 2 nitrogen and oxygen atoms in total. The fourth-order valence-corrected chi connectivity index (χ4v) is 1.89. The van der Waals surface area contributed by atoms with Crippen molar-refractivity contribution < 1.29 is 23.1 Å². The summed E-state index contributed by atoms with van der Waals surface area (Å²) in [6, 6.07) is 0. The zero-order valence-electron chi connectivity index (χ0n) is 9.11. The summed E-state index contributed by atoms with van der Waals surface area (Å²) in [6.07, 6.45) is -5.97. The molecule has 0 heterocycles. The van der Waals surface area contributed by atoms with Gasteiger partial charge in [-0.1, -0.05) is 37.0 Å². The van der Waals surface area contributed by atoms with E-state index in [1.165, 1.54) is 13.8 Å². The highest BCUT2D eigenvalue weighted by Gasteiger charge is 2.54. The normalized spacial score (nSPS) is 15.8. The molecule has 0 aliphatic heterocycles. The van der Waals surface area contributed by atoms with Crippen LogP contribution in [0.1, 0.15) is 26.7 Å². The average molecular weight is 316 g/mol. The zero-order chi connectivity index (χ0) is 14.1. The van der Waals surface area contributed by atoms with Gasteiger partial charge < -0.3 is 5.11 Å². The summed E-state index contributed by atoms with van der Waals surface area (Å²) in [7, 11) is 0. The van der Waals surface area contributed by atoms with Crippen molar-refractivity contribution in [1.82, 2.24) is 0 Å². The lowest BCUT2D eigenvalue weighted by Gasteiger charge is -2.33. The highest BCUT2D eigenvalue weighted by atomic mass is 35.5. The van der Waals surface area contributed by atoms with Crippen LogP contribution in [0.15, 0.2) is 0 Å². The number of rotatable bonds is 5. The first-order chi connectivity index (χ1) is 7.29. The second kappa shape index (κ2) is 5.41. The highest BCUT2D eigenvalue weighted by Crippen LogP contribution is 2.47. The van der Waals surface area contributed by atoms with E-state index in [0.29, 0.717) is 0 Å². The minimum Gasteiger partial charge on any atom is -0.481 e. The van der Waals surface area contributed by atoms with Crippen LogP contribution in [0.2, 0.25) is 0 Å². The molecule has 0 aliphatic rings. The van der Waals surface area contributed by atoms with Gasteiger partial charge in [0.05, 0.1) is 6.42 Å². The maximum absolute atomic E-state index is 12.4. The summed E-state index contributed by atoms with van der Waals surface area (Å²) in [5.74, 6) is -1.15. The van der Waals surface area contributed by atoms with Gasteiger partial charge in [-0.2, -0.15) is 13.2 Å². The molecule has 0 rings (SSSR count). The van der Waals surface area contributed by atoms with Crippen molar-refractivity contribution in [1.29, 1.82) is 0 Å². The van der Waals surface area contributed by atoms with Gasteiger partial charge in [0.15, 0.2) is 0 Å². The number of aliphatic carboxylic acids is 1. The second-order valence-electron chi connectivity index (χ2n) is 4.43. The van der Waals surface area contributed by atoms with E-state index in [-0.39, 0.29) is 6.42 Å². The number of carboxylic acids is 1. The Morgan fingerprint density at radius 2 is 1.71 bits per heavy atom. The molecule has 1 atom stereocenters. The minimum atomic E-state index is -4.82. The van der Waals surface area contributed by atoms with Crippen LogP contribution in [0.25, 0.3) is 0 Å². The van der Waals surface area contributed by atoms with Crippen LogP contribution in [0.5, 0.6) is 0 Å². The Kier molecular flexibility index (Phi) is 5.45. The van der Waals surface area contributed by atoms with Crippen LogP contribution in [0.4, 0.5) is 13.2 Å². The number of alkyl halides is 6. The topological polar surface area (TPSA) is 37.3 Å². The standard InChI is InChI=1S/C9H12Cl3F3O2/c1-7(2,4-6(16)17)5(10)3-8(11,12)9(13,14)15/h5H,3-4H2,1-2H3,(H,16,17)/t5-/m0/s1. The Bertz CT molecular complexity index is 290. The number of halogens is 6. The van der Waals surface area contributed by atoms with Crippen LogP contribution in [0.3, 0.4) is 0 Å².